The maximum absolute atomic E-state index is 6.35. The van der Waals surface area contributed by atoms with Crippen LogP contribution in [0.4, 0.5) is 0 Å². The number of nitrogens with one attached hydrogen (secondary N) is 1. The Morgan fingerprint density at radius 2 is 2.30 bits per heavy atom. The van der Waals surface area contributed by atoms with Crippen LogP contribution in [0.5, 0.6) is 0 Å². The van der Waals surface area contributed by atoms with Gasteiger partial charge in [0, 0.05) is 6.54 Å². The first-order valence-corrected chi connectivity index (χ1v) is 8.35. The summed E-state index contributed by atoms with van der Waals surface area (Å²) in [6, 6.07) is 2.17. The third-order valence-electron chi connectivity index (χ3n) is 3.08. The zero-order chi connectivity index (χ0) is 14.7. The van der Waals surface area contributed by atoms with Crippen LogP contribution in [-0.4, -0.2) is 42.4 Å². The fourth-order valence-corrected chi connectivity index (χ4v) is 3.52. The van der Waals surface area contributed by atoms with E-state index in [4.69, 9.17) is 11.6 Å². The largest absolute Gasteiger partial charge is 0.308 e. The van der Waals surface area contributed by atoms with Crippen molar-refractivity contribution in [2.45, 2.75) is 12.6 Å². The number of nitrogens with zero attached hydrogens (tertiary/aromatic N) is 3. The summed E-state index contributed by atoms with van der Waals surface area (Å²) in [5, 5.41) is 10.6. The first-order chi connectivity index (χ1) is 9.52. The molecule has 4 nitrogen and oxygen atoms in total. The van der Waals surface area contributed by atoms with Crippen LogP contribution in [0.1, 0.15) is 17.3 Å². The summed E-state index contributed by atoms with van der Waals surface area (Å²) >= 11 is 11.5. The normalized spacial score (nSPS) is 13.1. The quantitative estimate of drug-likeness (QED) is 0.839. The van der Waals surface area contributed by atoms with Crippen LogP contribution in [-0.2, 0) is 6.54 Å². The summed E-state index contributed by atoms with van der Waals surface area (Å²) in [5.74, 6) is 0. The summed E-state index contributed by atoms with van der Waals surface area (Å²) < 4.78 is 3.10. The molecule has 1 N–H and O–H groups in total. The zero-order valence-corrected chi connectivity index (χ0v) is 14.9. The molecule has 0 fully saturated rings. The Hall–Kier alpha value is -0.400. The predicted octanol–water partition coefficient (Wildman–Crippen LogP) is 3.23. The van der Waals surface area contributed by atoms with Gasteiger partial charge in [0.15, 0.2) is 0 Å². The van der Waals surface area contributed by atoms with Gasteiger partial charge in [-0.2, -0.15) is 5.10 Å². The smallest absolute Gasteiger partial charge is 0.0837 e. The summed E-state index contributed by atoms with van der Waals surface area (Å²) in [6.07, 6.45) is 1.72. The molecular formula is C13H18BrClN4S. The molecule has 110 valence electrons. The van der Waals surface area contributed by atoms with Gasteiger partial charge in [-0.25, -0.2) is 0 Å². The lowest BCUT2D eigenvalue weighted by molar-refractivity contribution is 0.366. The fourth-order valence-electron chi connectivity index (χ4n) is 2.07. The van der Waals surface area contributed by atoms with Crippen LogP contribution in [0.25, 0.3) is 0 Å². The molecule has 0 saturated heterocycles. The second-order valence-corrected chi connectivity index (χ2v) is 7.51. The second-order valence-electron chi connectivity index (χ2n) is 4.81. The summed E-state index contributed by atoms with van der Waals surface area (Å²) in [7, 11) is 6.04. The minimum Gasteiger partial charge on any atom is -0.308 e. The molecule has 7 heteroatoms. The second kappa shape index (κ2) is 7.04. The van der Waals surface area contributed by atoms with Crippen molar-refractivity contribution in [3.05, 3.63) is 37.7 Å². The number of rotatable bonds is 6. The molecule has 0 aliphatic carbocycles. The molecule has 2 heterocycles. The highest BCUT2D eigenvalue weighted by molar-refractivity contribution is 9.11. The van der Waals surface area contributed by atoms with E-state index in [1.807, 2.05) is 11.7 Å². The molecule has 20 heavy (non-hydrogen) atoms. The Kier molecular flexibility index (Phi) is 5.63. The molecule has 2 aromatic heterocycles. The highest BCUT2D eigenvalue weighted by Gasteiger charge is 2.21. The number of halogens is 2. The van der Waals surface area contributed by atoms with Crippen molar-refractivity contribution in [1.82, 2.24) is 20.0 Å². The number of likely N-dealkylation sites (N-methyl/N-ethyl adjacent to an activating group) is 1. The van der Waals surface area contributed by atoms with Gasteiger partial charge in [0.25, 0.3) is 0 Å². The Labute approximate surface area is 136 Å². The first-order valence-electron chi connectivity index (χ1n) is 6.30. The maximum Gasteiger partial charge on any atom is 0.0837 e. The Balaban J connectivity index is 2.31. The number of thiophene rings is 1. The molecule has 1 atom stereocenters. The monoisotopic (exact) mass is 376 g/mol. The minimum absolute atomic E-state index is 0.0507. The van der Waals surface area contributed by atoms with E-state index in [1.54, 1.807) is 17.5 Å². The molecule has 2 aromatic rings. The SMILES string of the molecule is CNC(c1csc(Br)c1)c1c(Cl)cnn1CCN(C)C. The van der Waals surface area contributed by atoms with Crippen LogP contribution >= 0.6 is 38.9 Å². The lowest BCUT2D eigenvalue weighted by Gasteiger charge is -2.19. The van der Waals surface area contributed by atoms with E-state index in [0.29, 0.717) is 5.02 Å². The van der Waals surface area contributed by atoms with Crippen molar-refractivity contribution in [3.63, 3.8) is 0 Å². The van der Waals surface area contributed by atoms with Crippen LogP contribution in [0.15, 0.2) is 21.4 Å². The van der Waals surface area contributed by atoms with E-state index in [9.17, 15) is 0 Å². The number of hydrogen-bond acceptors (Lipinski definition) is 4. The van der Waals surface area contributed by atoms with Gasteiger partial charge in [-0.1, -0.05) is 11.6 Å². The van der Waals surface area contributed by atoms with Crippen molar-refractivity contribution in [1.29, 1.82) is 0 Å². The average molecular weight is 378 g/mol. The third-order valence-corrected chi connectivity index (χ3v) is 4.89. The van der Waals surface area contributed by atoms with Crippen LogP contribution in [0, 0.1) is 0 Å². The standard InChI is InChI=1S/C13H18BrClN4S/c1-16-12(9-6-11(14)20-8-9)13-10(15)7-17-19(13)5-4-18(2)3/h6-8,12,16H,4-5H2,1-3H3. The van der Waals surface area contributed by atoms with E-state index >= 15 is 0 Å². The van der Waals surface area contributed by atoms with E-state index < -0.39 is 0 Å². The van der Waals surface area contributed by atoms with Crippen LogP contribution < -0.4 is 5.32 Å². The summed E-state index contributed by atoms with van der Waals surface area (Å²) in [4.78, 5) is 2.13. The van der Waals surface area contributed by atoms with Gasteiger partial charge < -0.3 is 10.2 Å². The van der Waals surface area contributed by atoms with Crippen molar-refractivity contribution in [2.75, 3.05) is 27.7 Å². The number of hydrogen-bond donors (Lipinski definition) is 1. The average Bonchev–Trinajstić information content (AvgIpc) is 2.97. The van der Waals surface area contributed by atoms with Gasteiger partial charge in [-0.05, 0) is 54.1 Å². The van der Waals surface area contributed by atoms with Gasteiger partial charge in [-0.3, -0.25) is 4.68 Å². The topological polar surface area (TPSA) is 33.1 Å². The third kappa shape index (κ3) is 3.62. The highest BCUT2D eigenvalue weighted by atomic mass is 79.9. The van der Waals surface area contributed by atoms with Crippen molar-refractivity contribution < 1.29 is 0 Å². The predicted molar refractivity (Wildman–Crippen MR) is 88.7 cm³/mol. The summed E-state index contributed by atoms with van der Waals surface area (Å²) in [5.41, 5.74) is 2.21. The molecular weight excluding hydrogens is 360 g/mol. The molecule has 0 saturated carbocycles. The molecule has 0 aliphatic heterocycles. The van der Waals surface area contributed by atoms with E-state index in [2.05, 4.69) is 56.8 Å². The van der Waals surface area contributed by atoms with Crippen molar-refractivity contribution >= 4 is 38.9 Å². The van der Waals surface area contributed by atoms with Crippen molar-refractivity contribution in [3.8, 4) is 0 Å². The molecule has 1 unspecified atom stereocenters. The van der Waals surface area contributed by atoms with E-state index in [1.165, 1.54) is 5.56 Å². The Morgan fingerprint density at radius 1 is 1.55 bits per heavy atom. The summed E-state index contributed by atoms with van der Waals surface area (Å²) in [6.45, 7) is 1.74. The molecule has 0 radical (unpaired) electrons. The molecule has 0 amide bonds. The molecule has 2 rings (SSSR count). The van der Waals surface area contributed by atoms with E-state index in [0.717, 1.165) is 22.6 Å². The molecule has 0 bridgehead atoms. The lowest BCUT2D eigenvalue weighted by Crippen LogP contribution is -2.25. The fraction of sp³-hybridized carbons (Fsp3) is 0.462. The molecule has 0 spiro atoms. The number of aromatic nitrogens is 2. The van der Waals surface area contributed by atoms with Gasteiger partial charge in [0.2, 0.25) is 0 Å². The zero-order valence-electron chi connectivity index (χ0n) is 11.7. The van der Waals surface area contributed by atoms with Gasteiger partial charge in [0.05, 0.1) is 33.3 Å². The van der Waals surface area contributed by atoms with Gasteiger partial charge in [-0.15, -0.1) is 11.3 Å². The lowest BCUT2D eigenvalue weighted by atomic mass is 10.1. The van der Waals surface area contributed by atoms with Gasteiger partial charge >= 0.3 is 0 Å². The molecule has 0 aliphatic rings. The van der Waals surface area contributed by atoms with Crippen LogP contribution in [0.2, 0.25) is 5.02 Å². The van der Waals surface area contributed by atoms with E-state index in [-0.39, 0.29) is 6.04 Å². The highest BCUT2D eigenvalue weighted by Crippen LogP contribution is 2.32. The minimum atomic E-state index is 0.0507. The molecule has 0 aromatic carbocycles. The maximum atomic E-state index is 6.35. The Morgan fingerprint density at radius 3 is 2.85 bits per heavy atom. The Bertz CT molecular complexity index is 566. The first kappa shape index (κ1) is 16.0. The van der Waals surface area contributed by atoms with Crippen molar-refractivity contribution in [2.24, 2.45) is 0 Å². The van der Waals surface area contributed by atoms with Gasteiger partial charge in [0.1, 0.15) is 0 Å². The van der Waals surface area contributed by atoms with Crippen LogP contribution in [0.3, 0.4) is 0 Å².